The predicted molar refractivity (Wildman–Crippen MR) is 88.3 cm³/mol. The van der Waals surface area contributed by atoms with Gasteiger partial charge in [0, 0.05) is 12.2 Å². The average Bonchev–Trinajstić information content (AvgIpc) is 2.84. The second-order valence-corrected chi connectivity index (χ2v) is 6.46. The van der Waals surface area contributed by atoms with Gasteiger partial charge in [-0.25, -0.2) is 9.47 Å². The first-order valence-corrected chi connectivity index (χ1v) is 8.24. The van der Waals surface area contributed by atoms with Crippen molar-refractivity contribution in [3.63, 3.8) is 0 Å². The molecule has 1 aromatic heterocycles. The lowest BCUT2D eigenvalue weighted by Gasteiger charge is -2.07. The second-order valence-electron chi connectivity index (χ2n) is 5.39. The van der Waals surface area contributed by atoms with E-state index in [9.17, 15) is 4.79 Å². The molecule has 0 amide bonds. The summed E-state index contributed by atoms with van der Waals surface area (Å²) in [6.45, 7) is 4.67. The van der Waals surface area contributed by atoms with E-state index in [4.69, 9.17) is 15.7 Å². The van der Waals surface area contributed by atoms with Gasteiger partial charge in [0.1, 0.15) is 5.75 Å². The highest BCUT2D eigenvalue weighted by atomic mass is 32.2. The summed E-state index contributed by atoms with van der Waals surface area (Å²) < 4.78 is 7.08. The third-order valence-corrected chi connectivity index (χ3v) is 3.92. The number of ether oxygens (including phenoxy) is 1. The lowest BCUT2D eigenvalue weighted by atomic mass is 10.1. The number of nitrogens with zero attached hydrogens (tertiary/aromatic N) is 3. The Labute approximate surface area is 138 Å². The molecular formula is C15H20N4O3S. The van der Waals surface area contributed by atoms with Crippen LogP contribution in [0.5, 0.6) is 5.75 Å². The Morgan fingerprint density at radius 1 is 1.35 bits per heavy atom. The number of nitrogen functional groups attached to an aromatic ring is 1. The Bertz CT molecular complexity index is 655. The minimum absolute atomic E-state index is 0.237. The van der Waals surface area contributed by atoms with Crippen LogP contribution in [0, 0.1) is 5.92 Å². The van der Waals surface area contributed by atoms with Crippen molar-refractivity contribution in [3.8, 4) is 5.75 Å². The largest absolute Gasteiger partial charge is 0.493 e. The molecule has 8 heteroatoms. The number of aromatic nitrogens is 3. The predicted octanol–water partition coefficient (Wildman–Crippen LogP) is 2.06. The maximum absolute atomic E-state index is 10.8. The van der Waals surface area contributed by atoms with E-state index in [1.165, 1.54) is 28.6 Å². The van der Waals surface area contributed by atoms with Crippen molar-refractivity contribution in [2.24, 2.45) is 5.92 Å². The number of carboxylic acid groups (broad SMARTS) is 1. The molecule has 3 N–H and O–H groups in total. The number of thioether (sulfide) groups is 1. The number of hydrogen-bond acceptors (Lipinski definition) is 6. The van der Waals surface area contributed by atoms with Crippen LogP contribution in [0.15, 0.2) is 29.4 Å². The van der Waals surface area contributed by atoms with Crippen LogP contribution in [0.25, 0.3) is 0 Å². The first-order chi connectivity index (χ1) is 11.0. The molecule has 7 nitrogen and oxygen atoms in total. The first-order valence-electron chi connectivity index (χ1n) is 7.25. The van der Waals surface area contributed by atoms with Crippen molar-refractivity contribution in [1.29, 1.82) is 0 Å². The van der Waals surface area contributed by atoms with E-state index < -0.39 is 5.97 Å². The van der Waals surface area contributed by atoms with Gasteiger partial charge in [-0.3, -0.25) is 0 Å². The number of aromatic carboxylic acids is 1. The van der Waals surface area contributed by atoms with Gasteiger partial charge in [-0.15, -0.1) is 10.2 Å². The number of rotatable bonds is 8. The summed E-state index contributed by atoms with van der Waals surface area (Å²) in [4.78, 5) is 10.8. The van der Waals surface area contributed by atoms with E-state index in [0.29, 0.717) is 29.2 Å². The first kappa shape index (κ1) is 17.1. The maximum atomic E-state index is 10.8. The molecule has 0 spiro atoms. The van der Waals surface area contributed by atoms with Crippen molar-refractivity contribution >= 4 is 17.7 Å². The second kappa shape index (κ2) is 7.87. The van der Waals surface area contributed by atoms with E-state index in [2.05, 4.69) is 24.0 Å². The molecule has 0 saturated carbocycles. The zero-order valence-corrected chi connectivity index (χ0v) is 13.9. The summed E-state index contributed by atoms with van der Waals surface area (Å²) in [6.07, 6.45) is 0.788. The number of benzene rings is 1. The van der Waals surface area contributed by atoms with Crippen molar-refractivity contribution in [2.45, 2.75) is 25.4 Å². The highest BCUT2D eigenvalue weighted by Gasteiger charge is 2.11. The van der Waals surface area contributed by atoms with Crippen LogP contribution in [-0.4, -0.2) is 38.3 Å². The Balaban J connectivity index is 1.79. The quantitative estimate of drug-likeness (QED) is 0.432. The number of nitrogens with two attached hydrogens (primary N) is 1. The standard InChI is InChI=1S/C15H20N4O3S/c1-10(2)9-13-17-18-15(19(13)16)23-8-7-22-12-5-3-11(4-6-12)14(20)21/h3-6,10H,7-9,16H2,1-2H3,(H,20,21). The van der Waals surface area contributed by atoms with Gasteiger partial charge in [0.15, 0.2) is 5.82 Å². The molecular weight excluding hydrogens is 316 g/mol. The minimum Gasteiger partial charge on any atom is -0.493 e. The van der Waals surface area contributed by atoms with Crippen LogP contribution in [0.3, 0.4) is 0 Å². The number of carboxylic acids is 1. The average molecular weight is 336 g/mol. The molecule has 0 unspecified atom stereocenters. The van der Waals surface area contributed by atoms with Crippen LogP contribution in [-0.2, 0) is 6.42 Å². The molecule has 0 bridgehead atoms. The molecule has 2 aromatic rings. The Kier molecular flexibility index (Phi) is 5.86. The Morgan fingerprint density at radius 3 is 2.65 bits per heavy atom. The molecule has 0 aliphatic carbocycles. The number of carbonyl (C=O) groups is 1. The molecule has 1 heterocycles. The molecule has 0 aliphatic heterocycles. The van der Waals surface area contributed by atoms with Gasteiger partial charge in [-0.05, 0) is 30.2 Å². The van der Waals surface area contributed by atoms with E-state index in [1.54, 1.807) is 12.1 Å². The monoisotopic (exact) mass is 336 g/mol. The highest BCUT2D eigenvalue weighted by molar-refractivity contribution is 7.99. The molecule has 23 heavy (non-hydrogen) atoms. The highest BCUT2D eigenvalue weighted by Crippen LogP contribution is 2.17. The van der Waals surface area contributed by atoms with Gasteiger partial charge >= 0.3 is 5.97 Å². The van der Waals surface area contributed by atoms with Crippen LogP contribution >= 0.6 is 11.8 Å². The smallest absolute Gasteiger partial charge is 0.335 e. The zero-order valence-electron chi connectivity index (χ0n) is 13.1. The molecule has 0 atom stereocenters. The van der Waals surface area contributed by atoms with Gasteiger partial charge in [-0.1, -0.05) is 25.6 Å². The van der Waals surface area contributed by atoms with Crippen LogP contribution in [0.4, 0.5) is 0 Å². The summed E-state index contributed by atoms with van der Waals surface area (Å²) in [5.41, 5.74) is 0.237. The van der Waals surface area contributed by atoms with E-state index in [1.807, 2.05) is 0 Å². The summed E-state index contributed by atoms with van der Waals surface area (Å²) in [5.74, 6) is 7.55. The third-order valence-electron chi connectivity index (χ3n) is 3.01. The molecule has 0 fully saturated rings. The summed E-state index contributed by atoms with van der Waals surface area (Å²) in [5, 5.41) is 17.6. The fourth-order valence-electron chi connectivity index (χ4n) is 1.90. The van der Waals surface area contributed by atoms with Gasteiger partial charge in [-0.2, -0.15) is 0 Å². The van der Waals surface area contributed by atoms with E-state index >= 15 is 0 Å². The van der Waals surface area contributed by atoms with Crippen molar-refractivity contribution in [3.05, 3.63) is 35.7 Å². The van der Waals surface area contributed by atoms with Gasteiger partial charge in [0.05, 0.1) is 12.2 Å². The van der Waals surface area contributed by atoms with E-state index in [-0.39, 0.29) is 5.56 Å². The normalized spacial score (nSPS) is 10.9. The minimum atomic E-state index is -0.952. The van der Waals surface area contributed by atoms with Crippen LogP contribution < -0.4 is 10.6 Å². The van der Waals surface area contributed by atoms with Crippen molar-refractivity contribution in [2.75, 3.05) is 18.2 Å². The number of hydrogen-bond donors (Lipinski definition) is 2. The fraction of sp³-hybridized carbons (Fsp3) is 0.400. The van der Waals surface area contributed by atoms with E-state index in [0.717, 1.165) is 12.2 Å². The van der Waals surface area contributed by atoms with Crippen molar-refractivity contribution in [1.82, 2.24) is 14.9 Å². The molecule has 124 valence electrons. The third kappa shape index (κ3) is 4.88. The topological polar surface area (TPSA) is 103 Å². The Hall–Kier alpha value is -2.22. The maximum Gasteiger partial charge on any atom is 0.335 e. The summed E-state index contributed by atoms with van der Waals surface area (Å²) in [7, 11) is 0. The lowest BCUT2D eigenvalue weighted by molar-refractivity contribution is 0.0697. The van der Waals surface area contributed by atoms with Gasteiger partial charge in [0.25, 0.3) is 0 Å². The molecule has 1 aromatic carbocycles. The molecule has 0 aliphatic rings. The van der Waals surface area contributed by atoms with Crippen LogP contribution in [0.2, 0.25) is 0 Å². The lowest BCUT2D eigenvalue weighted by Crippen LogP contribution is -2.16. The van der Waals surface area contributed by atoms with Gasteiger partial charge < -0.3 is 15.7 Å². The van der Waals surface area contributed by atoms with Crippen molar-refractivity contribution < 1.29 is 14.6 Å². The Morgan fingerprint density at radius 2 is 2.04 bits per heavy atom. The fourth-order valence-corrected chi connectivity index (χ4v) is 2.59. The summed E-state index contributed by atoms with van der Waals surface area (Å²) >= 11 is 1.47. The van der Waals surface area contributed by atoms with Gasteiger partial charge in [0.2, 0.25) is 5.16 Å². The SMILES string of the molecule is CC(C)Cc1nnc(SCCOc2ccc(C(=O)O)cc2)n1N. The van der Waals surface area contributed by atoms with Crippen LogP contribution in [0.1, 0.15) is 30.0 Å². The summed E-state index contributed by atoms with van der Waals surface area (Å²) in [6, 6.07) is 6.31. The zero-order chi connectivity index (χ0) is 16.8. The molecule has 0 saturated heterocycles. The molecule has 2 rings (SSSR count). The molecule has 0 radical (unpaired) electrons.